The van der Waals surface area contributed by atoms with Gasteiger partial charge in [0.25, 0.3) is 5.91 Å². The zero-order valence-corrected chi connectivity index (χ0v) is 12.3. The van der Waals surface area contributed by atoms with Crippen LogP contribution in [0.2, 0.25) is 10.0 Å². The van der Waals surface area contributed by atoms with Gasteiger partial charge in [0.1, 0.15) is 0 Å². The van der Waals surface area contributed by atoms with Crippen molar-refractivity contribution in [2.24, 2.45) is 5.73 Å². The number of nitrogens with two attached hydrogens (primary N) is 1. The molecule has 1 rings (SSSR count). The molecule has 0 fully saturated rings. The van der Waals surface area contributed by atoms with Crippen LogP contribution in [0.5, 0.6) is 0 Å². The van der Waals surface area contributed by atoms with Crippen LogP contribution >= 0.6 is 35.4 Å². The summed E-state index contributed by atoms with van der Waals surface area (Å²) in [6, 6.07) is 4.79. The van der Waals surface area contributed by atoms with Crippen molar-refractivity contribution in [3.05, 3.63) is 33.8 Å². The second kappa shape index (κ2) is 6.92. The van der Waals surface area contributed by atoms with Crippen LogP contribution in [0, 0.1) is 0 Å². The van der Waals surface area contributed by atoms with Gasteiger partial charge in [0.2, 0.25) is 0 Å². The molecule has 1 aromatic carbocycles. The van der Waals surface area contributed by atoms with Crippen molar-refractivity contribution in [3.8, 4) is 0 Å². The van der Waals surface area contributed by atoms with Gasteiger partial charge >= 0.3 is 0 Å². The first-order valence-electron chi connectivity index (χ1n) is 5.48. The Morgan fingerprint density at radius 2 is 2.11 bits per heavy atom. The highest BCUT2D eigenvalue weighted by molar-refractivity contribution is 7.80. The van der Waals surface area contributed by atoms with Crippen LogP contribution in [0.4, 0.5) is 0 Å². The molecule has 1 amide bonds. The van der Waals surface area contributed by atoms with E-state index in [2.05, 4.69) is 0 Å². The van der Waals surface area contributed by atoms with Gasteiger partial charge in [-0.25, -0.2) is 0 Å². The fraction of sp³-hybridized carbons (Fsp3) is 0.333. The van der Waals surface area contributed by atoms with Crippen LogP contribution in [0.15, 0.2) is 18.2 Å². The molecule has 98 valence electrons. The monoisotopic (exact) mass is 304 g/mol. The summed E-state index contributed by atoms with van der Waals surface area (Å²) in [4.78, 5) is 14.2. The number of rotatable bonds is 5. The maximum Gasteiger partial charge on any atom is 0.255 e. The van der Waals surface area contributed by atoms with Crippen molar-refractivity contribution in [1.82, 2.24) is 4.90 Å². The number of carbonyl (C=O) groups excluding carboxylic acids is 1. The van der Waals surface area contributed by atoms with E-state index in [4.69, 9.17) is 41.2 Å². The molecule has 18 heavy (non-hydrogen) atoms. The molecule has 0 aromatic heterocycles. The Balaban J connectivity index is 3.01. The van der Waals surface area contributed by atoms with Gasteiger partial charge in [-0.3, -0.25) is 4.79 Å². The normalized spacial score (nSPS) is 10.2. The molecule has 0 spiro atoms. The molecule has 0 atom stereocenters. The zero-order valence-electron chi connectivity index (χ0n) is 9.95. The lowest BCUT2D eigenvalue weighted by Crippen LogP contribution is -2.38. The summed E-state index contributed by atoms with van der Waals surface area (Å²) in [6.45, 7) is 2.78. The SMILES string of the molecule is CCCN(CC(N)=S)C(=O)c1cc(Cl)ccc1Cl. The summed E-state index contributed by atoms with van der Waals surface area (Å²) in [5.74, 6) is -0.211. The zero-order chi connectivity index (χ0) is 13.7. The summed E-state index contributed by atoms with van der Waals surface area (Å²) in [6.07, 6.45) is 0.812. The Kier molecular flexibility index (Phi) is 5.85. The van der Waals surface area contributed by atoms with E-state index >= 15 is 0 Å². The predicted molar refractivity (Wildman–Crippen MR) is 79.4 cm³/mol. The molecule has 2 N–H and O–H groups in total. The Hall–Kier alpha value is -0.840. The maximum absolute atomic E-state index is 12.3. The first kappa shape index (κ1) is 15.2. The Morgan fingerprint density at radius 1 is 1.44 bits per heavy atom. The highest BCUT2D eigenvalue weighted by atomic mass is 35.5. The third-order valence-electron chi connectivity index (χ3n) is 2.29. The Bertz CT molecular complexity index is 465. The molecule has 0 saturated carbocycles. The van der Waals surface area contributed by atoms with Gasteiger partial charge < -0.3 is 10.6 Å². The van der Waals surface area contributed by atoms with Crippen molar-refractivity contribution in [1.29, 1.82) is 0 Å². The van der Waals surface area contributed by atoms with Crippen LogP contribution in [-0.2, 0) is 0 Å². The quantitative estimate of drug-likeness (QED) is 0.850. The molecule has 1 aromatic rings. The van der Waals surface area contributed by atoms with Crippen molar-refractivity contribution in [3.63, 3.8) is 0 Å². The minimum atomic E-state index is -0.211. The number of nitrogens with zero attached hydrogens (tertiary/aromatic N) is 1. The lowest BCUT2D eigenvalue weighted by atomic mass is 10.2. The maximum atomic E-state index is 12.3. The summed E-state index contributed by atoms with van der Waals surface area (Å²) in [5.41, 5.74) is 5.86. The molecule has 0 heterocycles. The fourth-order valence-electron chi connectivity index (χ4n) is 1.54. The minimum absolute atomic E-state index is 0.211. The Labute approximate surface area is 122 Å². The second-order valence-corrected chi connectivity index (χ2v) is 5.19. The van der Waals surface area contributed by atoms with Gasteiger partial charge in [-0.1, -0.05) is 42.3 Å². The first-order valence-corrected chi connectivity index (χ1v) is 6.64. The van der Waals surface area contributed by atoms with Crippen LogP contribution in [0.3, 0.4) is 0 Å². The minimum Gasteiger partial charge on any atom is -0.392 e. The molecule has 0 radical (unpaired) electrons. The average Bonchev–Trinajstić information content (AvgIpc) is 2.30. The van der Waals surface area contributed by atoms with E-state index in [1.54, 1.807) is 23.1 Å². The third-order valence-corrected chi connectivity index (χ3v) is 2.98. The van der Waals surface area contributed by atoms with Crippen molar-refractivity contribution < 1.29 is 4.79 Å². The number of halogens is 2. The first-order chi connectivity index (χ1) is 8.45. The van der Waals surface area contributed by atoms with Gasteiger partial charge in [0.05, 0.1) is 22.1 Å². The molecule has 0 saturated heterocycles. The largest absolute Gasteiger partial charge is 0.392 e. The lowest BCUT2D eigenvalue weighted by Gasteiger charge is -2.22. The number of carbonyl (C=O) groups is 1. The van der Waals surface area contributed by atoms with Gasteiger partial charge in [-0.2, -0.15) is 0 Å². The Morgan fingerprint density at radius 3 is 2.67 bits per heavy atom. The average molecular weight is 305 g/mol. The molecule has 6 heteroatoms. The molecule has 0 bridgehead atoms. The number of hydrogen-bond acceptors (Lipinski definition) is 2. The van der Waals surface area contributed by atoms with Crippen LogP contribution < -0.4 is 5.73 Å². The highest BCUT2D eigenvalue weighted by Gasteiger charge is 2.18. The predicted octanol–water partition coefficient (Wildman–Crippen LogP) is 3.13. The summed E-state index contributed by atoms with van der Waals surface area (Å²) in [5, 5.41) is 0.836. The molecule has 3 nitrogen and oxygen atoms in total. The molecule has 0 unspecified atom stereocenters. The standard InChI is InChI=1S/C12H14Cl2N2OS/c1-2-5-16(7-11(15)18)12(17)9-6-8(13)3-4-10(9)14/h3-4,6H,2,5,7H2,1H3,(H2,15,18). The smallest absolute Gasteiger partial charge is 0.255 e. The lowest BCUT2D eigenvalue weighted by molar-refractivity contribution is 0.0780. The van der Waals surface area contributed by atoms with E-state index in [0.29, 0.717) is 22.2 Å². The summed E-state index contributed by atoms with van der Waals surface area (Å²) >= 11 is 16.7. The van der Waals surface area contributed by atoms with E-state index < -0.39 is 0 Å². The summed E-state index contributed by atoms with van der Waals surface area (Å²) in [7, 11) is 0. The molecule has 0 aliphatic rings. The van der Waals surface area contributed by atoms with Crippen molar-refractivity contribution in [2.75, 3.05) is 13.1 Å². The van der Waals surface area contributed by atoms with Crippen molar-refractivity contribution >= 4 is 46.3 Å². The van der Waals surface area contributed by atoms with Gasteiger partial charge in [0.15, 0.2) is 0 Å². The van der Waals surface area contributed by atoms with Crippen LogP contribution in [0.25, 0.3) is 0 Å². The van der Waals surface area contributed by atoms with E-state index in [1.807, 2.05) is 6.92 Å². The fourth-order valence-corrected chi connectivity index (χ4v) is 2.07. The topological polar surface area (TPSA) is 46.3 Å². The molecular weight excluding hydrogens is 291 g/mol. The van der Waals surface area contributed by atoms with Gasteiger partial charge in [-0.05, 0) is 24.6 Å². The molecule has 0 aliphatic carbocycles. The third kappa shape index (κ3) is 4.12. The van der Waals surface area contributed by atoms with Crippen molar-refractivity contribution in [2.45, 2.75) is 13.3 Å². The van der Waals surface area contributed by atoms with E-state index in [-0.39, 0.29) is 17.4 Å². The van der Waals surface area contributed by atoms with E-state index in [0.717, 1.165) is 6.42 Å². The second-order valence-electron chi connectivity index (χ2n) is 3.82. The number of amides is 1. The number of thiocarbonyl (C=S) groups is 1. The molecule has 0 aliphatic heterocycles. The molecular formula is C12H14Cl2N2OS. The number of hydrogen-bond donors (Lipinski definition) is 1. The van der Waals surface area contributed by atoms with E-state index in [1.165, 1.54) is 0 Å². The summed E-state index contributed by atoms with van der Waals surface area (Å²) < 4.78 is 0. The van der Waals surface area contributed by atoms with E-state index in [9.17, 15) is 4.79 Å². The van der Waals surface area contributed by atoms with Crippen LogP contribution in [0.1, 0.15) is 23.7 Å². The van der Waals surface area contributed by atoms with Gasteiger partial charge in [-0.15, -0.1) is 0 Å². The van der Waals surface area contributed by atoms with Gasteiger partial charge in [0, 0.05) is 11.6 Å². The van der Waals surface area contributed by atoms with Crippen LogP contribution in [-0.4, -0.2) is 28.9 Å². The highest BCUT2D eigenvalue weighted by Crippen LogP contribution is 2.22. The number of benzene rings is 1.